The van der Waals surface area contributed by atoms with E-state index < -0.39 is 0 Å². The van der Waals surface area contributed by atoms with Gasteiger partial charge in [-0.15, -0.1) is 0 Å². The first kappa shape index (κ1) is 23.3. The minimum absolute atomic E-state index is 0.232. The first-order valence-corrected chi connectivity index (χ1v) is 12.4. The third kappa shape index (κ3) is 5.04. The summed E-state index contributed by atoms with van der Waals surface area (Å²) in [6.45, 7) is 15.3. The number of carbonyl (C=O) groups excluding carboxylic acids is 1. The summed E-state index contributed by atoms with van der Waals surface area (Å²) >= 11 is 0. The summed E-state index contributed by atoms with van der Waals surface area (Å²) in [4.78, 5) is 19.9. The van der Waals surface area contributed by atoms with Crippen molar-refractivity contribution in [2.24, 2.45) is 17.3 Å². The van der Waals surface area contributed by atoms with Crippen LogP contribution in [-0.2, 0) is 11.2 Å². The highest BCUT2D eigenvalue weighted by atomic mass is 16.5. The molecule has 2 atom stereocenters. The quantitative estimate of drug-likeness (QED) is 0.550. The van der Waals surface area contributed by atoms with Crippen molar-refractivity contribution in [3.63, 3.8) is 0 Å². The second kappa shape index (κ2) is 9.96. The SMILES string of the molecule is CCN(CCN1CCN(C(=O)Cc2ccc(OC)cc2)CC1)CC1=CCC2CC1C2(C)C. The lowest BCUT2D eigenvalue weighted by Crippen LogP contribution is -2.51. The van der Waals surface area contributed by atoms with Gasteiger partial charge in [-0.25, -0.2) is 0 Å². The van der Waals surface area contributed by atoms with E-state index in [2.05, 4.69) is 36.6 Å². The van der Waals surface area contributed by atoms with Gasteiger partial charge in [-0.05, 0) is 54.3 Å². The summed E-state index contributed by atoms with van der Waals surface area (Å²) in [5, 5.41) is 0. The van der Waals surface area contributed by atoms with Crippen LogP contribution in [0.25, 0.3) is 0 Å². The van der Waals surface area contributed by atoms with E-state index >= 15 is 0 Å². The number of carbonyl (C=O) groups is 1. The molecule has 3 aliphatic carbocycles. The van der Waals surface area contributed by atoms with Gasteiger partial charge in [0.15, 0.2) is 0 Å². The van der Waals surface area contributed by atoms with Crippen LogP contribution in [0.3, 0.4) is 0 Å². The zero-order chi connectivity index (χ0) is 22.7. The normalized spacial score (nSPS) is 24.8. The molecule has 32 heavy (non-hydrogen) atoms. The Morgan fingerprint density at radius 3 is 2.47 bits per heavy atom. The Kier molecular flexibility index (Phi) is 7.26. The highest BCUT2D eigenvalue weighted by molar-refractivity contribution is 5.79. The number of allylic oxidation sites excluding steroid dienone is 1. The number of benzene rings is 1. The van der Waals surface area contributed by atoms with Crippen molar-refractivity contribution in [2.75, 3.05) is 59.5 Å². The number of hydrogen-bond donors (Lipinski definition) is 0. The van der Waals surface area contributed by atoms with Crippen LogP contribution in [-0.4, -0.2) is 80.1 Å². The van der Waals surface area contributed by atoms with Gasteiger partial charge >= 0.3 is 0 Å². The molecule has 4 aliphatic rings. The molecule has 1 aliphatic heterocycles. The van der Waals surface area contributed by atoms with Gasteiger partial charge in [0, 0.05) is 45.8 Å². The van der Waals surface area contributed by atoms with Crippen molar-refractivity contribution in [3.05, 3.63) is 41.5 Å². The Morgan fingerprint density at radius 1 is 1.16 bits per heavy atom. The summed E-state index contributed by atoms with van der Waals surface area (Å²) in [5.41, 5.74) is 3.25. The van der Waals surface area contributed by atoms with Gasteiger partial charge in [-0.2, -0.15) is 0 Å². The fourth-order valence-corrected chi connectivity index (χ4v) is 5.80. The van der Waals surface area contributed by atoms with Crippen LogP contribution in [0.15, 0.2) is 35.9 Å². The maximum Gasteiger partial charge on any atom is 0.227 e. The fraction of sp³-hybridized carbons (Fsp3) is 0.667. The zero-order valence-electron chi connectivity index (χ0n) is 20.5. The van der Waals surface area contributed by atoms with Crippen molar-refractivity contribution in [1.82, 2.24) is 14.7 Å². The Labute approximate surface area is 194 Å². The van der Waals surface area contributed by atoms with Gasteiger partial charge in [-0.3, -0.25) is 14.6 Å². The van der Waals surface area contributed by atoms with E-state index in [-0.39, 0.29) is 5.91 Å². The number of likely N-dealkylation sites (N-methyl/N-ethyl adjacent to an activating group) is 1. The molecule has 1 aromatic carbocycles. The smallest absolute Gasteiger partial charge is 0.227 e. The molecule has 1 heterocycles. The van der Waals surface area contributed by atoms with Crippen molar-refractivity contribution in [3.8, 4) is 5.75 Å². The van der Waals surface area contributed by atoms with Crippen LogP contribution >= 0.6 is 0 Å². The maximum atomic E-state index is 12.7. The number of nitrogens with zero attached hydrogens (tertiary/aromatic N) is 3. The molecule has 176 valence electrons. The molecule has 2 fully saturated rings. The highest BCUT2D eigenvalue weighted by Gasteiger charge is 2.51. The van der Waals surface area contributed by atoms with Gasteiger partial charge in [0.2, 0.25) is 5.91 Å². The molecule has 5 heteroatoms. The Bertz CT molecular complexity index is 809. The molecule has 1 saturated heterocycles. The maximum absolute atomic E-state index is 12.7. The van der Waals surface area contributed by atoms with E-state index in [1.807, 2.05) is 29.2 Å². The van der Waals surface area contributed by atoms with Crippen LogP contribution < -0.4 is 4.74 Å². The topological polar surface area (TPSA) is 36.0 Å². The molecule has 0 aromatic heterocycles. The van der Waals surface area contributed by atoms with E-state index in [1.54, 1.807) is 12.7 Å². The number of amides is 1. The largest absolute Gasteiger partial charge is 0.497 e. The molecule has 0 spiro atoms. The minimum atomic E-state index is 0.232. The van der Waals surface area contributed by atoms with Crippen LogP contribution in [0.5, 0.6) is 5.75 Å². The zero-order valence-corrected chi connectivity index (χ0v) is 20.5. The van der Waals surface area contributed by atoms with Gasteiger partial charge < -0.3 is 9.64 Å². The van der Waals surface area contributed by atoms with Gasteiger partial charge in [0.05, 0.1) is 13.5 Å². The molecule has 0 radical (unpaired) electrons. The van der Waals surface area contributed by atoms with Crippen molar-refractivity contribution in [1.29, 1.82) is 0 Å². The predicted molar refractivity (Wildman–Crippen MR) is 130 cm³/mol. The summed E-state index contributed by atoms with van der Waals surface area (Å²) in [7, 11) is 1.66. The summed E-state index contributed by atoms with van der Waals surface area (Å²) in [6, 6.07) is 7.82. The number of fused-ring (bicyclic) bond motifs is 1. The third-order valence-electron chi connectivity index (χ3n) is 8.41. The number of rotatable bonds is 9. The molecule has 2 unspecified atom stereocenters. The van der Waals surface area contributed by atoms with E-state index in [9.17, 15) is 4.79 Å². The van der Waals surface area contributed by atoms with E-state index in [4.69, 9.17) is 4.74 Å². The van der Waals surface area contributed by atoms with Crippen LogP contribution in [0.2, 0.25) is 0 Å². The molecule has 5 nitrogen and oxygen atoms in total. The van der Waals surface area contributed by atoms with E-state index in [0.717, 1.165) is 75.5 Å². The highest BCUT2D eigenvalue weighted by Crippen LogP contribution is 2.59. The van der Waals surface area contributed by atoms with Crippen LogP contribution in [0.1, 0.15) is 39.2 Å². The molecule has 5 rings (SSSR count). The molecule has 1 amide bonds. The van der Waals surface area contributed by atoms with Crippen molar-refractivity contribution in [2.45, 2.75) is 40.0 Å². The second-order valence-electron chi connectivity index (χ2n) is 10.4. The monoisotopic (exact) mass is 439 g/mol. The van der Waals surface area contributed by atoms with Gasteiger partial charge in [0.25, 0.3) is 0 Å². The number of hydrogen-bond acceptors (Lipinski definition) is 4. The van der Waals surface area contributed by atoms with Gasteiger partial charge in [0.1, 0.15) is 5.75 Å². The van der Waals surface area contributed by atoms with Crippen LogP contribution in [0.4, 0.5) is 0 Å². The Hall–Kier alpha value is -1.85. The number of ether oxygens (including phenoxy) is 1. The average Bonchev–Trinajstić information content (AvgIpc) is 2.82. The minimum Gasteiger partial charge on any atom is -0.497 e. The third-order valence-corrected chi connectivity index (χ3v) is 8.41. The number of piperazine rings is 1. The fourth-order valence-electron chi connectivity index (χ4n) is 5.80. The second-order valence-corrected chi connectivity index (χ2v) is 10.4. The standard InChI is InChI=1S/C27H41N3O2/c1-5-28(20-22-8-9-23-19-25(22)27(23,2)3)12-13-29-14-16-30(17-15-29)26(31)18-21-6-10-24(32-4)11-7-21/h6-8,10-11,23,25H,5,9,12-20H2,1-4H3. The molecular formula is C27H41N3O2. The molecule has 1 aromatic rings. The summed E-state index contributed by atoms with van der Waals surface area (Å²) in [6.07, 6.45) is 5.70. The Morgan fingerprint density at radius 2 is 1.88 bits per heavy atom. The van der Waals surface area contributed by atoms with Crippen molar-refractivity contribution >= 4 is 5.91 Å². The molecule has 0 N–H and O–H groups in total. The van der Waals surface area contributed by atoms with E-state index in [1.165, 1.54) is 12.8 Å². The Balaban J connectivity index is 1.19. The lowest BCUT2D eigenvalue weighted by Gasteiger charge is -2.57. The molecule has 2 bridgehead atoms. The lowest BCUT2D eigenvalue weighted by atomic mass is 9.49. The first-order chi connectivity index (χ1) is 15.4. The van der Waals surface area contributed by atoms with E-state index in [0.29, 0.717) is 11.8 Å². The van der Waals surface area contributed by atoms with Gasteiger partial charge in [-0.1, -0.05) is 44.6 Å². The number of methoxy groups -OCH3 is 1. The molecule has 1 saturated carbocycles. The molecular weight excluding hydrogens is 398 g/mol. The lowest BCUT2D eigenvalue weighted by molar-refractivity contribution is -0.132. The average molecular weight is 440 g/mol. The first-order valence-electron chi connectivity index (χ1n) is 12.4. The summed E-state index contributed by atoms with van der Waals surface area (Å²) < 4.78 is 5.20. The van der Waals surface area contributed by atoms with Crippen molar-refractivity contribution < 1.29 is 9.53 Å². The van der Waals surface area contributed by atoms with Crippen LogP contribution in [0, 0.1) is 17.3 Å². The predicted octanol–water partition coefficient (Wildman–Crippen LogP) is 3.70. The summed E-state index contributed by atoms with van der Waals surface area (Å²) in [5.74, 6) is 2.78.